The standard InChI is InChI=1S/C25H34N4O5/c1-16-13-26-17(2)15-34-22-11-8-19(12-21(22)24(30)29(3)14-23(16)33-5)28-25(31)27-18-6-9-20(32-4)10-7-18/h6-12,16-17,23,26H,13-15H2,1-5H3,(H2,27,28,31)/t16-,17+,23-/m0/s1. The van der Waals surface area contributed by atoms with Crippen molar-refractivity contribution in [1.82, 2.24) is 10.2 Å². The molecule has 0 unspecified atom stereocenters. The zero-order valence-electron chi connectivity index (χ0n) is 20.4. The summed E-state index contributed by atoms with van der Waals surface area (Å²) in [6, 6.07) is 11.7. The van der Waals surface area contributed by atoms with Gasteiger partial charge in [0.15, 0.2) is 0 Å². The van der Waals surface area contributed by atoms with Crippen LogP contribution in [0.4, 0.5) is 16.2 Å². The molecule has 0 fully saturated rings. The van der Waals surface area contributed by atoms with Crippen molar-refractivity contribution in [3.63, 3.8) is 0 Å². The maximum Gasteiger partial charge on any atom is 0.323 e. The third-order valence-electron chi connectivity index (χ3n) is 5.83. The fraction of sp³-hybridized carbons (Fsp3) is 0.440. The van der Waals surface area contributed by atoms with Crippen LogP contribution < -0.4 is 25.4 Å². The van der Waals surface area contributed by atoms with Crippen LogP contribution in [0.5, 0.6) is 11.5 Å². The third kappa shape index (κ3) is 6.61. The molecule has 0 radical (unpaired) electrons. The van der Waals surface area contributed by atoms with Crippen molar-refractivity contribution < 1.29 is 23.8 Å². The highest BCUT2D eigenvalue weighted by molar-refractivity contribution is 6.02. The number of amides is 3. The van der Waals surface area contributed by atoms with Gasteiger partial charge >= 0.3 is 6.03 Å². The number of ether oxygens (including phenoxy) is 3. The van der Waals surface area contributed by atoms with Crippen LogP contribution in [0.25, 0.3) is 0 Å². The Morgan fingerprint density at radius 2 is 1.76 bits per heavy atom. The molecule has 9 nitrogen and oxygen atoms in total. The summed E-state index contributed by atoms with van der Waals surface area (Å²) in [7, 11) is 4.98. The number of hydrogen-bond donors (Lipinski definition) is 3. The van der Waals surface area contributed by atoms with Gasteiger partial charge in [-0.2, -0.15) is 0 Å². The second-order valence-electron chi connectivity index (χ2n) is 8.58. The Morgan fingerprint density at radius 1 is 1.09 bits per heavy atom. The molecule has 2 aromatic rings. The van der Waals surface area contributed by atoms with Crippen molar-refractivity contribution in [2.45, 2.75) is 26.0 Å². The highest BCUT2D eigenvalue weighted by Crippen LogP contribution is 2.26. The molecule has 9 heteroatoms. The van der Waals surface area contributed by atoms with Crippen LogP contribution in [-0.4, -0.2) is 69.9 Å². The van der Waals surface area contributed by atoms with Crippen molar-refractivity contribution in [3.8, 4) is 11.5 Å². The molecule has 0 saturated carbocycles. The van der Waals surface area contributed by atoms with Gasteiger partial charge in [0, 0.05) is 44.7 Å². The fourth-order valence-corrected chi connectivity index (χ4v) is 3.71. The minimum absolute atomic E-state index is 0.0909. The summed E-state index contributed by atoms with van der Waals surface area (Å²) in [4.78, 5) is 27.5. The minimum Gasteiger partial charge on any atom is -0.497 e. The first-order chi connectivity index (χ1) is 16.3. The minimum atomic E-state index is -0.425. The molecule has 0 spiro atoms. The Hall–Kier alpha value is -3.30. The summed E-state index contributed by atoms with van der Waals surface area (Å²) in [5, 5.41) is 9.00. The van der Waals surface area contributed by atoms with E-state index in [1.165, 1.54) is 0 Å². The summed E-state index contributed by atoms with van der Waals surface area (Å²) < 4.78 is 16.8. The molecule has 3 N–H and O–H groups in total. The van der Waals surface area contributed by atoms with Crippen LogP contribution >= 0.6 is 0 Å². The first-order valence-electron chi connectivity index (χ1n) is 11.3. The van der Waals surface area contributed by atoms with Crippen LogP contribution in [0.1, 0.15) is 24.2 Å². The highest BCUT2D eigenvalue weighted by Gasteiger charge is 2.25. The quantitative estimate of drug-likeness (QED) is 0.633. The third-order valence-corrected chi connectivity index (χ3v) is 5.83. The van der Waals surface area contributed by atoms with Gasteiger partial charge in [0.1, 0.15) is 18.1 Å². The van der Waals surface area contributed by atoms with Gasteiger partial charge in [-0.05, 0) is 55.3 Å². The Labute approximate surface area is 200 Å². The predicted molar refractivity (Wildman–Crippen MR) is 132 cm³/mol. The Bertz CT molecular complexity index is 982. The predicted octanol–water partition coefficient (Wildman–Crippen LogP) is 3.43. The second-order valence-corrected chi connectivity index (χ2v) is 8.58. The molecule has 0 saturated heterocycles. The first kappa shape index (κ1) is 25.3. The highest BCUT2D eigenvalue weighted by atomic mass is 16.5. The number of benzene rings is 2. The topological polar surface area (TPSA) is 101 Å². The SMILES string of the molecule is COc1ccc(NC(=O)Nc2ccc3c(c2)C(=O)N(C)C[C@H](OC)[C@@H](C)CN[C@H](C)CO3)cc1. The molecule has 3 amide bonds. The Morgan fingerprint density at radius 3 is 2.44 bits per heavy atom. The largest absolute Gasteiger partial charge is 0.497 e. The van der Waals surface area contributed by atoms with Gasteiger partial charge in [0.05, 0.1) is 18.8 Å². The molecular formula is C25H34N4O5. The molecule has 3 rings (SSSR count). The lowest BCUT2D eigenvalue weighted by Gasteiger charge is -2.30. The molecular weight excluding hydrogens is 436 g/mol. The van der Waals surface area contributed by atoms with Crippen molar-refractivity contribution >= 4 is 23.3 Å². The van der Waals surface area contributed by atoms with E-state index in [9.17, 15) is 9.59 Å². The Kier molecular flexibility index (Phi) is 8.72. The number of fused-ring (bicyclic) bond motifs is 1. The normalized spacial score (nSPS) is 21.4. The molecule has 0 aliphatic carbocycles. The van der Waals surface area contributed by atoms with E-state index in [1.807, 2.05) is 6.92 Å². The van der Waals surface area contributed by atoms with Crippen LogP contribution in [0, 0.1) is 5.92 Å². The van der Waals surface area contributed by atoms with Gasteiger partial charge < -0.3 is 35.1 Å². The van der Waals surface area contributed by atoms with E-state index in [1.54, 1.807) is 68.6 Å². The van der Waals surface area contributed by atoms with Crippen LogP contribution in [0.15, 0.2) is 42.5 Å². The molecule has 1 aliphatic rings. The molecule has 3 atom stereocenters. The van der Waals surface area contributed by atoms with E-state index in [0.29, 0.717) is 41.6 Å². The van der Waals surface area contributed by atoms with Gasteiger partial charge in [0.2, 0.25) is 0 Å². The molecule has 0 bridgehead atoms. The first-order valence-corrected chi connectivity index (χ1v) is 11.3. The maximum absolute atomic E-state index is 13.3. The number of carbonyl (C=O) groups is 2. The number of nitrogens with zero attached hydrogens (tertiary/aromatic N) is 1. The number of rotatable bonds is 4. The van der Waals surface area contributed by atoms with Crippen LogP contribution in [0.3, 0.4) is 0 Å². The lowest BCUT2D eigenvalue weighted by atomic mass is 10.0. The number of anilines is 2. The zero-order chi connectivity index (χ0) is 24.7. The molecule has 184 valence electrons. The smallest absolute Gasteiger partial charge is 0.323 e. The fourth-order valence-electron chi connectivity index (χ4n) is 3.71. The average molecular weight is 471 g/mol. The summed E-state index contributed by atoms with van der Waals surface area (Å²) in [6.45, 7) is 5.72. The number of carbonyl (C=O) groups excluding carboxylic acids is 2. The van der Waals surface area contributed by atoms with Crippen molar-refractivity contribution in [2.24, 2.45) is 5.92 Å². The molecule has 2 aromatic carbocycles. The summed E-state index contributed by atoms with van der Waals surface area (Å²) in [5.74, 6) is 1.17. The summed E-state index contributed by atoms with van der Waals surface area (Å²) in [6.07, 6.45) is -0.117. The van der Waals surface area contributed by atoms with E-state index >= 15 is 0 Å². The number of nitrogens with one attached hydrogen (secondary N) is 3. The average Bonchev–Trinajstić information content (AvgIpc) is 2.84. The van der Waals surface area contributed by atoms with Crippen molar-refractivity contribution in [1.29, 1.82) is 0 Å². The molecule has 34 heavy (non-hydrogen) atoms. The van der Waals surface area contributed by atoms with Gasteiger partial charge in [-0.3, -0.25) is 4.79 Å². The van der Waals surface area contributed by atoms with Gasteiger partial charge in [-0.25, -0.2) is 4.79 Å². The van der Waals surface area contributed by atoms with E-state index in [0.717, 1.165) is 6.54 Å². The number of urea groups is 1. The lowest BCUT2D eigenvalue weighted by Crippen LogP contribution is -2.44. The second kappa shape index (κ2) is 11.7. The number of hydrogen-bond acceptors (Lipinski definition) is 6. The summed E-state index contributed by atoms with van der Waals surface area (Å²) >= 11 is 0. The maximum atomic E-state index is 13.3. The van der Waals surface area contributed by atoms with E-state index in [4.69, 9.17) is 14.2 Å². The van der Waals surface area contributed by atoms with Gasteiger partial charge in [-0.1, -0.05) is 6.92 Å². The molecule has 1 aliphatic heterocycles. The zero-order valence-corrected chi connectivity index (χ0v) is 20.4. The molecule has 1 heterocycles. The van der Waals surface area contributed by atoms with Crippen molar-refractivity contribution in [3.05, 3.63) is 48.0 Å². The van der Waals surface area contributed by atoms with Crippen molar-refractivity contribution in [2.75, 3.05) is 51.6 Å². The van der Waals surface area contributed by atoms with Gasteiger partial charge in [-0.15, -0.1) is 0 Å². The van der Waals surface area contributed by atoms with E-state index in [-0.39, 0.29) is 24.0 Å². The number of likely N-dealkylation sites (N-methyl/N-ethyl adjacent to an activating group) is 1. The Balaban J connectivity index is 1.79. The monoisotopic (exact) mass is 470 g/mol. The van der Waals surface area contributed by atoms with Crippen LogP contribution in [-0.2, 0) is 4.74 Å². The van der Waals surface area contributed by atoms with E-state index in [2.05, 4.69) is 22.9 Å². The number of methoxy groups -OCH3 is 2. The summed E-state index contributed by atoms with van der Waals surface area (Å²) in [5.41, 5.74) is 1.47. The molecule has 0 aromatic heterocycles. The van der Waals surface area contributed by atoms with Crippen LogP contribution in [0.2, 0.25) is 0 Å². The van der Waals surface area contributed by atoms with Gasteiger partial charge in [0.25, 0.3) is 5.91 Å². The lowest BCUT2D eigenvalue weighted by molar-refractivity contribution is 0.0281. The van der Waals surface area contributed by atoms with E-state index < -0.39 is 6.03 Å².